The first kappa shape index (κ1) is 16.1. The number of hydrogen-bond acceptors (Lipinski definition) is 3. The lowest BCUT2D eigenvalue weighted by Gasteiger charge is -2.20. The van der Waals surface area contributed by atoms with E-state index in [1.54, 1.807) is 0 Å². The molecule has 3 rings (SSSR count). The van der Waals surface area contributed by atoms with Gasteiger partial charge in [-0.25, -0.2) is 5.43 Å². The fraction of sp³-hybridized carbons (Fsp3) is 0.263. The van der Waals surface area contributed by atoms with Crippen molar-refractivity contribution in [3.05, 3.63) is 77.0 Å². The van der Waals surface area contributed by atoms with Crippen molar-refractivity contribution >= 4 is 17.3 Å². The molecular formula is C19H21ClN2O. The van der Waals surface area contributed by atoms with Gasteiger partial charge in [-0.2, -0.15) is 0 Å². The van der Waals surface area contributed by atoms with E-state index in [2.05, 4.69) is 37.6 Å². The Kier molecular flexibility index (Phi) is 5.01. The molecule has 0 radical (unpaired) electrons. The van der Waals surface area contributed by atoms with Crippen LogP contribution in [-0.2, 0) is 11.3 Å². The van der Waals surface area contributed by atoms with E-state index in [4.69, 9.17) is 16.3 Å². The van der Waals surface area contributed by atoms with Gasteiger partial charge in [0.1, 0.15) is 0 Å². The van der Waals surface area contributed by atoms with Crippen LogP contribution in [0.3, 0.4) is 0 Å². The van der Waals surface area contributed by atoms with Gasteiger partial charge in [-0.15, -0.1) is 0 Å². The highest BCUT2D eigenvalue weighted by Crippen LogP contribution is 2.29. The molecular weight excluding hydrogens is 308 g/mol. The number of benzene rings is 2. The van der Waals surface area contributed by atoms with Crippen LogP contribution in [0.1, 0.15) is 19.4 Å². The molecule has 0 saturated carbocycles. The van der Waals surface area contributed by atoms with Crippen LogP contribution in [0.2, 0.25) is 5.02 Å². The van der Waals surface area contributed by atoms with Gasteiger partial charge in [0.2, 0.25) is 0 Å². The van der Waals surface area contributed by atoms with E-state index in [9.17, 15) is 0 Å². The molecule has 0 saturated heterocycles. The predicted octanol–water partition coefficient (Wildman–Crippen LogP) is 4.54. The van der Waals surface area contributed by atoms with Crippen LogP contribution >= 0.6 is 11.6 Å². The predicted molar refractivity (Wildman–Crippen MR) is 95.3 cm³/mol. The van der Waals surface area contributed by atoms with Gasteiger partial charge in [-0.05, 0) is 37.1 Å². The Hall–Kier alpha value is -1.81. The second kappa shape index (κ2) is 7.18. The van der Waals surface area contributed by atoms with Gasteiger partial charge in [0.05, 0.1) is 23.4 Å². The molecule has 0 amide bonds. The third-order valence-electron chi connectivity index (χ3n) is 4.04. The first-order chi connectivity index (χ1) is 11.1. The summed E-state index contributed by atoms with van der Waals surface area (Å²) in [6.07, 6.45) is 2.12. The van der Waals surface area contributed by atoms with Gasteiger partial charge >= 0.3 is 0 Å². The number of halogens is 1. The minimum Gasteiger partial charge on any atom is -0.369 e. The summed E-state index contributed by atoms with van der Waals surface area (Å²) in [5.41, 5.74) is 6.76. The fourth-order valence-corrected chi connectivity index (χ4v) is 2.94. The number of hydrazine groups is 1. The van der Waals surface area contributed by atoms with Crippen molar-refractivity contribution < 1.29 is 4.74 Å². The van der Waals surface area contributed by atoms with Crippen LogP contribution in [0.4, 0.5) is 5.69 Å². The number of ether oxygens (including phenoxy) is 1. The average molecular weight is 329 g/mol. The van der Waals surface area contributed by atoms with E-state index in [0.29, 0.717) is 6.61 Å². The van der Waals surface area contributed by atoms with Gasteiger partial charge in [-0.3, -0.25) is 5.01 Å². The zero-order valence-electron chi connectivity index (χ0n) is 13.4. The number of anilines is 1. The normalized spacial score (nSPS) is 18.8. The molecule has 0 spiro atoms. The minimum atomic E-state index is 0.0326. The molecule has 2 unspecified atom stereocenters. The van der Waals surface area contributed by atoms with Crippen LogP contribution in [0.15, 0.2) is 66.4 Å². The maximum Gasteiger partial charge on any atom is 0.0794 e. The Bertz CT molecular complexity index is 687. The molecule has 1 aliphatic rings. The summed E-state index contributed by atoms with van der Waals surface area (Å²) in [6, 6.07) is 18.2. The number of nitrogens with zero attached hydrogens (tertiary/aromatic N) is 1. The van der Waals surface area contributed by atoms with Crippen molar-refractivity contribution in [2.24, 2.45) is 0 Å². The molecule has 3 nitrogen and oxygen atoms in total. The fourth-order valence-electron chi connectivity index (χ4n) is 2.72. The SMILES string of the molecule is CC1NN(c2ccccc2Cl)C=C1C(C)OCc1ccccc1. The second-order valence-electron chi connectivity index (χ2n) is 5.74. The van der Waals surface area contributed by atoms with Gasteiger partial charge in [-0.1, -0.05) is 54.1 Å². The quantitative estimate of drug-likeness (QED) is 0.872. The first-order valence-corrected chi connectivity index (χ1v) is 8.20. The highest BCUT2D eigenvalue weighted by Gasteiger charge is 2.26. The summed E-state index contributed by atoms with van der Waals surface area (Å²) in [7, 11) is 0. The van der Waals surface area contributed by atoms with Crippen LogP contribution in [0.5, 0.6) is 0 Å². The average Bonchev–Trinajstić information content (AvgIpc) is 2.96. The largest absolute Gasteiger partial charge is 0.369 e. The van der Waals surface area contributed by atoms with Gasteiger partial charge in [0.25, 0.3) is 0 Å². The molecule has 1 aliphatic heterocycles. The third-order valence-corrected chi connectivity index (χ3v) is 4.35. The number of rotatable bonds is 5. The van der Waals surface area contributed by atoms with Crippen molar-refractivity contribution in [1.29, 1.82) is 0 Å². The first-order valence-electron chi connectivity index (χ1n) is 7.82. The van der Waals surface area contributed by atoms with Crippen LogP contribution in [0, 0.1) is 0 Å². The molecule has 0 aliphatic carbocycles. The van der Waals surface area contributed by atoms with Gasteiger partial charge in [0, 0.05) is 12.2 Å². The summed E-state index contributed by atoms with van der Waals surface area (Å²) in [4.78, 5) is 0. The molecule has 1 heterocycles. The van der Waals surface area contributed by atoms with Crippen molar-refractivity contribution in [3.63, 3.8) is 0 Å². The number of hydrogen-bond donors (Lipinski definition) is 1. The molecule has 1 N–H and O–H groups in total. The molecule has 2 aromatic rings. The molecule has 0 fully saturated rings. The van der Waals surface area contributed by atoms with E-state index in [1.807, 2.05) is 47.5 Å². The maximum absolute atomic E-state index is 6.28. The lowest BCUT2D eigenvalue weighted by atomic mass is 10.1. The summed E-state index contributed by atoms with van der Waals surface area (Å²) in [6.45, 7) is 4.83. The van der Waals surface area contributed by atoms with Crippen molar-refractivity contribution in [3.8, 4) is 0 Å². The third kappa shape index (κ3) is 3.75. The molecule has 23 heavy (non-hydrogen) atoms. The number of para-hydroxylation sites is 1. The van der Waals surface area contributed by atoms with Crippen molar-refractivity contribution in [2.45, 2.75) is 32.6 Å². The summed E-state index contributed by atoms with van der Waals surface area (Å²) < 4.78 is 6.03. The second-order valence-corrected chi connectivity index (χ2v) is 6.15. The molecule has 0 aromatic heterocycles. The van der Waals surface area contributed by atoms with Crippen molar-refractivity contribution in [1.82, 2.24) is 5.43 Å². The standard InChI is InChI=1S/C19H21ClN2O/c1-14-17(15(2)23-13-16-8-4-3-5-9-16)12-22(21-14)19-11-7-6-10-18(19)20/h3-12,14-15,21H,13H2,1-2H3. The summed E-state index contributed by atoms with van der Waals surface area (Å²) >= 11 is 6.28. The molecule has 4 heteroatoms. The smallest absolute Gasteiger partial charge is 0.0794 e. The highest BCUT2D eigenvalue weighted by atomic mass is 35.5. The van der Waals surface area contributed by atoms with Crippen LogP contribution < -0.4 is 10.4 Å². The van der Waals surface area contributed by atoms with Crippen LogP contribution in [-0.4, -0.2) is 12.1 Å². The molecule has 2 atom stereocenters. The van der Waals surface area contributed by atoms with Gasteiger partial charge < -0.3 is 4.74 Å². The Balaban J connectivity index is 1.69. The Morgan fingerprint density at radius 1 is 1.13 bits per heavy atom. The Morgan fingerprint density at radius 3 is 2.57 bits per heavy atom. The lowest BCUT2D eigenvalue weighted by Crippen LogP contribution is -2.35. The van der Waals surface area contributed by atoms with E-state index in [1.165, 1.54) is 11.1 Å². The van der Waals surface area contributed by atoms with Crippen LogP contribution in [0.25, 0.3) is 0 Å². The monoisotopic (exact) mass is 328 g/mol. The van der Waals surface area contributed by atoms with E-state index < -0.39 is 0 Å². The lowest BCUT2D eigenvalue weighted by molar-refractivity contribution is 0.0735. The molecule has 2 aromatic carbocycles. The minimum absolute atomic E-state index is 0.0326. The maximum atomic E-state index is 6.28. The summed E-state index contributed by atoms with van der Waals surface area (Å²) in [5.74, 6) is 0. The van der Waals surface area contributed by atoms with E-state index in [0.717, 1.165) is 10.7 Å². The highest BCUT2D eigenvalue weighted by molar-refractivity contribution is 6.33. The molecule has 0 bridgehead atoms. The number of nitrogens with one attached hydrogen (secondary N) is 1. The van der Waals surface area contributed by atoms with E-state index >= 15 is 0 Å². The molecule has 120 valence electrons. The Labute approximate surface area is 142 Å². The Morgan fingerprint density at radius 2 is 1.83 bits per heavy atom. The van der Waals surface area contributed by atoms with Gasteiger partial charge in [0.15, 0.2) is 0 Å². The summed E-state index contributed by atoms with van der Waals surface area (Å²) in [5, 5.41) is 2.70. The topological polar surface area (TPSA) is 24.5 Å². The van der Waals surface area contributed by atoms with E-state index in [-0.39, 0.29) is 12.1 Å². The zero-order valence-corrected chi connectivity index (χ0v) is 14.1. The zero-order chi connectivity index (χ0) is 16.2. The van der Waals surface area contributed by atoms with Crippen molar-refractivity contribution in [2.75, 3.05) is 5.01 Å².